The van der Waals surface area contributed by atoms with Crippen molar-refractivity contribution in [3.63, 3.8) is 0 Å². The van der Waals surface area contributed by atoms with Gasteiger partial charge in [0.1, 0.15) is 11.1 Å². The van der Waals surface area contributed by atoms with Crippen LogP contribution >= 0.6 is 0 Å². The van der Waals surface area contributed by atoms with Crippen molar-refractivity contribution in [1.29, 1.82) is 0 Å². The maximum absolute atomic E-state index is 12.8. The van der Waals surface area contributed by atoms with Gasteiger partial charge in [0.05, 0.1) is 0 Å². The van der Waals surface area contributed by atoms with Crippen molar-refractivity contribution in [2.45, 2.75) is 13.8 Å². The van der Waals surface area contributed by atoms with Crippen molar-refractivity contribution in [2.24, 2.45) is 0 Å². The Labute approximate surface area is 176 Å². The number of aryl methyl sites for hydroxylation is 2. The van der Waals surface area contributed by atoms with E-state index in [1.54, 1.807) is 6.07 Å². The summed E-state index contributed by atoms with van der Waals surface area (Å²) in [5, 5.41) is 12.9. The van der Waals surface area contributed by atoms with Gasteiger partial charge in [0.25, 0.3) is 5.91 Å². The van der Waals surface area contributed by atoms with Gasteiger partial charge in [-0.15, -0.1) is 5.10 Å². The lowest BCUT2D eigenvalue weighted by Crippen LogP contribution is -2.20. The van der Waals surface area contributed by atoms with Crippen molar-refractivity contribution in [2.75, 3.05) is 5.32 Å². The first kappa shape index (κ1) is 18.7. The molecule has 7 nitrogen and oxygen atoms in total. The van der Waals surface area contributed by atoms with Crippen LogP contribution in [0.2, 0.25) is 0 Å². The van der Waals surface area contributed by atoms with Crippen LogP contribution in [0.25, 0.3) is 33.2 Å². The smallest absolute Gasteiger partial charge is 0.349 e. The Morgan fingerprint density at radius 3 is 2.58 bits per heavy atom. The molecule has 2 heterocycles. The van der Waals surface area contributed by atoms with Crippen LogP contribution in [0.5, 0.6) is 0 Å². The van der Waals surface area contributed by atoms with Crippen LogP contribution in [-0.2, 0) is 0 Å². The van der Waals surface area contributed by atoms with Gasteiger partial charge < -0.3 is 8.83 Å². The number of rotatable bonds is 3. The molecular formula is C24H17N3O4. The quantitative estimate of drug-likeness (QED) is 0.336. The Hall–Kier alpha value is -4.26. The number of carbonyl (C=O) groups is 1. The Morgan fingerprint density at radius 1 is 0.903 bits per heavy atom. The predicted octanol–water partition coefficient (Wildman–Crippen LogP) is 4.87. The van der Waals surface area contributed by atoms with E-state index in [0.29, 0.717) is 11.0 Å². The lowest BCUT2D eigenvalue weighted by Gasteiger charge is -2.05. The second-order valence-electron chi connectivity index (χ2n) is 7.33. The van der Waals surface area contributed by atoms with E-state index in [-0.39, 0.29) is 17.5 Å². The summed E-state index contributed by atoms with van der Waals surface area (Å²) in [7, 11) is 0. The third kappa shape index (κ3) is 3.36. The van der Waals surface area contributed by atoms with E-state index in [1.165, 1.54) is 6.07 Å². The minimum atomic E-state index is -0.741. The van der Waals surface area contributed by atoms with Crippen molar-refractivity contribution in [3.8, 4) is 11.5 Å². The lowest BCUT2D eigenvalue weighted by atomic mass is 10.0. The highest BCUT2D eigenvalue weighted by atomic mass is 16.4. The fraction of sp³-hybridized carbons (Fsp3) is 0.0833. The molecule has 0 aliphatic carbocycles. The van der Waals surface area contributed by atoms with E-state index in [4.69, 9.17) is 8.83 Å². The van der Waals surface area contributed by atoms with Crippen LogP contribution < -0.4 is 10.9 Å². The van der Waals surface area contributed by atoms with Gasteiger partial charge in [-0.25, -0.2) is 4.79 Å². The van der Waals surface area contributed by atoms with Crippen LogP contribution in [0.3, 0.4) is 0 Å². The number of fused-ring (bicyclic) bond motifs is 3. The molecule has 2 aromatic heterocycles. The summed E-state index contributed by atoms with van der Waals surface area (Å²) in [6.07, 6.45) is 0. The lowest BCUT2D eigenvalue weighted by molar-refractivity contribution is 0.102. The molecule has 0 saturated carbocycles. The number of aromatic nitrogens is 2. The van der Waals surface area contributed by atoms with Crippen LogP contribution in [0.15, 0.2) is 74.3 Å². The van der Waals surface area contributed by atoms with Crippen LogP contribution in [0, 0.1) is 13.8 Å². The van der Waals surface area contributed by atoms with Gasteiger partial charge in [-0.1, -0.05) is 53.1 Å². The molecule has 0 aliphatic heterocycles. The number of anilines is 1. The Kier molecular flexibility index (Phi) is 4.36. The first-order valence-electron chi connectivity index (χ1n) is 9.68. The molecule has 0 fully saturated rings. The first-order chi connectivity index (χ1) is 15.0. The molecule has 0 unspecified atom stereocenters. The Morgan fingerprint density at radius 2 is 1.74 bits per heavy atom. The second-order valence-corrected chi connectivity index (χ2v) is 7.33. The van der Waals surface area contributed by atoms with Crippen molar-refractivity contribution >= 4 is 33.7 Å². The van der Waals surface area contributed by atoms with E-state index >= 15 is 0 Å². The molecule has 5 aromatic rings. The maximum Gasteiger partial charge on any atom is 0.349 e. The van der Waals surface area contributed by atoms with Gasteiger partial charge in [-0.3, -0.25) is 10.1 Å². The fourth-order valence-corrected chi connectivity index (χ4v) is 3.63. The molecule has 1 amide bonds. The van der Waals surface area contributed by atoms with Gasteiger partial charge in [0.15, 0.2) is 0 Å². The number of nitrogens with one attached hydrogen (secondary N) is 1. The molecule has 1 N–H and O–H groups in total. The highest BCUT2D eigenvalue weighted by Gasteiger charge is 2.18. The predicted molar refractivity (Wildman–Crippen MR) is 117 cm³/mol. The Bertz CT molecular complexity index is 1530. The third-order valence-electron chi connectivity index (χ3n) is 5.14. The van der Waals surface area contributed by atoms with E-state index in [2.05, 4.69) is 15.5 Å². The van der Waals surface area contributed by atoms with E-state index in [9.17, 15) is 9.59 Å². The van der Waals surface area contributed by atoms with E-state index in [1.807, 2.05) is 62.4 Å². The van der Waals surface area contributed by atoms with Gasteiger partial charge in [-0.2, -0.15) is 0 Å². The molecule has 152 valence electrons. The monoisotopic (exact) mass is 411 g/mol. The number of carbonyl (C=O) groups excluding carboxylic acids is 1. The molecule has 0 aliphatic rings. The van der Waals surface area contributed by atoms with Crippen molar-refractivity contribution in [1.82, 2.24) is 10.2 Å². The SMILES string of the molecule is Cc1ccc(-c2nnc(NC(=O)c3cc4c(ccc5ccccc54)oc3=O)o2)c(C)c1. The highest BCUT2D eigenvalue weighted by Crippen LogP contribution is 2.26. The maximum atomic E-state index is 12.8. The third-order valence-corrected chi connectivity index (χ3v) is 5.14. The summed E-state index contributed by atoms with van der Waals surface area (Å²) >= 11 is 0. The number of amides is 1. The zero-order valence-electron chi connectivity index (χ0n) is 16.8. The summed E-state index contributed by atoms with van der Waals surface area (Å²) in [6.45, 7) is 3.93. The fourth-order valence-electron chi connectivity index (χ4n) is 3.63. The molecule has 7 heteroatoms. The average molecular weight is 411 g/mol. The summed E-state index contributed by atoms with van der Waals surface area (Å²) in [4.78, 5) is 25.2. The van der Waals surface area contributed by atoms with Gasteiger partial charge >= 0.3 is 11.6 Å². The Balaban J connectivity index is 1.49. The van der Waals surface area contributed by atoms with Gasteiger partial charge in [0, 0.05) is 10.9 Å². The minimum Gasteiger partial charge on any atom is -0.422 e. The molecule has 0 radical (unpaired) electrons. The minimum absolute atomic E-state index is 0.0996. The van der Waals surface area contributed by atoms with Gasteiger partial charge in [-0.05, 0) is 48.4 Å². The van der Waals surface area contributed by atoms with Crippen molar-refractivity contribution in [3.05, 3.63) is 87.8 Å². The molecule has 31 heavy (non-hydrogen) atoms. The number of benzene rings is 3. The first-order valence-corrected chi connectivity index (χ1v) is 9.68. The second kappa shape index (κ2) is 7.21. The van der Waals surface area contributed by atoms with Gasteiger partial charge in [0.2, 0.25) is 5.89 Å². The van der Waals surface area contributed by atoms with Crippen molar-refractivity contribution < 1.29 is 13.6 Å². The molecule has 0 spiro atoms. The highest BCUT2D eigenvalue weighted by molar-refractivity contribution is 6.10. The largest absolute Gasteiger partial charge is 0.422 e. The summed E-state index contributed by atoms with van der Waals surface area (Å²) in [6, 6.07) is 18.5. The summed E-state index contributed by atoms with van der Waals surface area (Å²) in [5.41, 5.74) is 2.39. The number of hydrogen-bond donors (Lipinski definition) is 1. The molecule has 0 bridgehead atoms. The molecule has 0 atom stereocenters. The average Bonchev–Trinajstić information content (AvgIpc) is 3.21. The molecule has 5 rings (SSSR count). The van der Waals surface area contributed by atoms with Crippen LogP contribution in [0.1, 0.15) is 21.5 Å². The summed E-state index contributed by atoms with van der Waals surface area (Å²) < 4.78 is 11.0. The molecule has 3 aromatic carbocycles. The molecular weight excluding hydrogens is 394 g/mol. The summed E-state index contributed by atoms with van der Waals surface area (Å²) in [5.74, 6) is -0.399. The zero-order valence-corrected chi connectivity index (χ0v) is 16.8. The van der Waals surface area contributed by atoms with E-state index < -0.39 is 11.5 Å². The van der Waals surface area contributed by atoms with E-state index in [0.717, 1.165) is 27.5 Å². The normalized spacial score (nSPS) is 11.2. The van der Waals surface area contributed by atoms with Crippen LogP contribution in [0.4, 0.5) is 6.01 Å². The molecule has 0 saturated heterocycles. The number of nitrogens with zero attached hydrogens (tertiary/aromatic N) is 2. The standard InChI is InChI=1S/C24H17N3O4/c1-13-7-9-16(14(2)11-13)22-26-27-24(31-22)25-21(28)19-12-18-17-6-4-3-5-15(17)8-10-20(18)30-23(19)29/h3-12H,1-2H3,(H,25,27,28). The topological polar surface area (TPSA) is 98.2 Å². The van der Waals surface area contributed by atoms with Crippen LogP contribution in [-0.4, -0.2) is 16.1 Å². The number of hydrogen-bond acceptors (Lipinski definition) is 6. The zero-order chi connectivity index (χ0) is 21.5.